The van der Waals surface area contributed by atoms with Crippen molar-refractivity contribution >= 4 is 5.97 Å². The number of rotatable bonds is 2. The maximum atomic E-state index is 10.8. The van der Waals surface area contributed by atoms with Gasteiger partial charge in [-0.25, -0.2) is 0 Å². The second kappa shape index (κ2) is 3.64. The minimum Gasteiger partial charge on any atom is -0.480 e. The lowest BCUT2D eigenvalue weighted by molar-refractivity contribution is -0.140. The van der Waals surface area contributed by atoms with Crippen LogP contribution in [0.3, 0.4) is 0 Å². The van der Waals surface area contributed by atoms with Crippen molar-refractivity contribution < 1.29 is 15.0 Å². The van der Waals surface area contributed by atoms with E-state index in [-0.39, 0.29) is 17.9 Å². The average Bonchev–Trinajstić information content (AvgIpc) is 2.26. The topological polar surface area (TPSA) is 69.6 Å². The van der Waals surface area contributed by atoms with Crippen LogP contribution < -0.4 is 5.32 Å². The van der Waals surface area contributed by atoms with E-state index < -0.39 is 18.1 Å². The van der Waals surface area contributed by atoms with Crippen LogP contribution in [0.5, 0.6) is 0 Å². The van der Waals surface area contributed by atoms with Crippen LogP contribution in [-0.4, -0.2) is 34.4 Å². The first-order valence-electron chi connectivity index (χ1n) is 4.62. The van der Waals surface area contributed by atoms with Crippen molar-refractivity contribution in [3.8, 4) is 0 Å². The summed E-state index contributed by atoms with van der Waals surface area (Å²) >= 11 is 0. The number of nitrogens with one attached hydrogen (secondary N) is 1. The molecule has 5 atom stereocenters. The zero-order valence-corrected chi connectivity index (χ0v) is 8.19. The zero-order chi connectivity index (χ0) is 10.2. The third-order valence-corrected chi connectivity index (χ3v) is 2.98. The molecule has 1 saturated heterocycles. The predicted octanol–water partition coefficient (Wildman–Crippen LogP) is 0.0644. The summed E-state index contributed by atoms with van der Waals surface area (Å²) in [4.78, 5) is 10.8. The maximum absolute atomic E-state index is 10.8. The first kappa shape index (κ1) is 10.5. The van der Waals surface area contributed by atoms with E-state index >= 15 is 0 Å². The van der Waals surface area contributed by atoms with Gasteiger partial charge >= 0.3 is 5.97 Å². The van der Waals surface area contributed by atoms with Gasteiger partial charge < -0.3 is 15.5 Å². The van der Waals surface area contributed by atoms with Crippen molar-refractivity contribution in [2.24, 2.45) is 11.8 Å². The summed E-state index contributed by atoms with van der Waals surface area (Å²) in [7, 11) is 0. The first-order chi connectivity index (χ1) is 5.95. The molecule has 76 valence electrons. The van der Waals surface area contributed by atoms with E-state index in [1.54, 1.807) is 6.92 Å². The minimum absolute atomic E-state index is 0.0208. The predicted molar refractivity (Wildman–Crippen MR) is 48.4 cm³/mol. The summed E-state index contributed by atoms with van der Waals surface area (Å²) in [5.74, 6) is -0.823. The number of carboxylic acids is 1. The van der Waals surface area contributed by atoms with Gasteiger partial charge in [0.15, 0.2) is 0 Å². The fourth-order valence-electron chi connectivity index (χ4n) is 2.38. The van der Waals surface area contributed by atoms with E-state index in [2.05, 4.69) is 5.32 Å². The van der Waals surface area contributed by atoms with E-state index in [0.717, 1.165) is 0 Å². The zero-order valence-electron chi connectivity index (χ0n) is 8.19. The average molecular weight is 187 g/mol. The van der Waals surface area contributed by atoms with Gasteiger partial charge in [0.25, 0.3) is 0 Å². The summed E-state index contributed by atoms with van der Waals surface area (Å²) in [6.45, 7) is 5.49. The van der Waals surface area contributed by atoms with Gasteiger partial charge in [0.2, 0.25) is 0 Å². The number of carboxylic acid groups (broad SMARTS) is 1. The van der Waals surface area contributed by atoms with Crippen LogP contribution in [-0.2, 0) is 4.79 Å². The Bertz CT molecular complexity index is 205. The highest BCUT2D eigenvalue weighted by atomic mass is 16.4. The Hall–Kier alpha value is -0.610. The number of aliphatic hydroxyl groups is 1. The SMILES string of the molecule is C[C@@H]1[C@H]([C@H](C)O)[C@H](C)N[C@@H]1C(=O)O. The van der Waals surface area contributed by atoms with Crippen molar-refractivity contribution in [2.45, 2.75) is 39.0 Å². The highest BCUT2D eigenvalue weighted by Gasteiger charge is 2.43. The minimum atomic E-state index is -0.831. The number of hydrogen-bond donors (Lipinski definition) is 3. The Labute approximate surface area is 78.0 Å². The number of carbonyl (C=O) groups is 1. The highest BCUT2D eigenvalue weighted by Crippen LogP contribution is 2.29. The van der Waals surface area contributed by atoms with E-state index in [1.165, 1.54) is 0 Å². The van der Waals surface area contributed by atoms with E-state index in [9.17, 15) is 9.90 Å². The molecule has 0 saturated carbocycles. The van der Waals surface area contributed by atoms with Gasteiger partial charge in [0.05, 0.1) is 6.10 Å². The quantitative estimate of drug-likeness (QED) is 0.572. The van der Waals surface area contributed by atoms with Crippen molar-refractivity contribution in [3.05, 3.63) is 0 Å². The monoisotopic (exact) mass is 187 g/mol. The molecule has 4 nitrogen and oxygen atoms in total. The van der Waals surface area contributed by atoms with Crippen molar-refractivity contribution in [1.29, 1.82) is 0 Å². The van der Waals surface area contributed by atoms with Gasteiger partial charge in [0.1, 0.15) is 6.04 Å². The van der Waals surface area contributed by atoms with Crippen molar-refractivity contribution in [3.63, 3.8) is 0 Å². The van der Waals surface area contributed by atoms with Crippen LogP contribution >= 0.6 is 0 Å². The van der Waals surface area contributed by atoms with Gasteiger partial charge in [-0.1, -0.05) is 6.92 Å². The lowest BCUT2D eigenvalue weighted by atomic mass is 9.85. The second-order valence-corrected chi connectivity index (χ2v) is 3.95. The molecule has 4 heteroatoms. The molecule has 0 aliphatic carbocycles. The molecular weight excluding hydrogens is 170 g/mol. The molecule has 0 radical (unpaired) electrons. The Morgan fingerprint density at radius 3 is 2.23 bits per heavy atom. The molecule has 1 aliphatic heterocycles. The van der Waals surface area contributed by atoms with E-state index in [1.807, 2.05) is 13.8 Å². The van der Waals surface area contributed by atoms with Crippen molar-refractivity contribution in [1.82, 2.24) is 5.32 Å². The molecule has 0 amide bonds. The third-order valence-electron chi connectivity index (χ3n) is 2.98. The second-order valence-electron chi connectivity index (χ2n) is 3.95. The molecule has 1 rings (SSSR count). The summed E-state index contributed by atoms with van der Waals surface area (Å²) in [5.41, 5.74) is 0. The molecule has 1 aliphatic rings. The van der Waals surface area contributed by atoms with E-state index in [0.29, 0.717) is 0 Å². The molecular formula is C9H17NO3. The van der Waals surface area contributed by atoms with Gasteiger partial charge in [-0.3, -0.25) is 4.79 Å². The molecule has 1 fully saturated rings. The Morgan fingerprint density at radius 1 is 1.46 bits per heavy atom. The van der Waals surface area contributed by atoms with E-state index in [4.69, 9.17) is 5.11 Å². The van der Waals surface area contributed by atoms with Crippen LogP contribution in [0.15, 0.2) is 0 Å². The largest absolute Gasteiger partial charge is 0.480 e. The number of aliphatic carboxylic acids is 1. The van der Waals surface area contributed by atoms with Crippen LogP contribution in [0, 0.1) is 11.8 Å². The Balaban J connectivity index is 2.75. The molecule has 0 aromatic rings. The van der Waals surface area contributed by atoms with Crippen LogP contribution in [0.25, 0.3) is 0 Å². The maximum Gasteiger partial charge on any atom is 0.320 e. The van der Waals surface area contributed by atoms with Gasteiger partial charge in [-0.2, -0.15) is 0 Å². The fraction of sp³-hybridized carbons (Fsp3) is 0.889. The Morgan fingerprint density at radius 2 is 2.00 bits per heavy atom. The smallest absolute Gasteiger partial charge is 0.320 e. The molecule has 1 heterocycles. The summed E-state index contributed by atoms with van der Waals surface area (Å²) < 4.78 is 0. The molecule has 13 heavy (non-hydrogen) atoms. The number of hydrogen-bond acceptors (Lipinski definition) is 3. The first-order valence-corrected chi connectivity index (χ1v) is 4.62. The molecule has 0 aromatic heterocycles. The number of aliphatic hydroxyl groups excluding tert-OH is 1. The van der Waals surface area contributed by atoms with Crippen LogP contribution in [0.1, 0.15) is 20.8 Å². The van der Waals surface area contributed by atoms with Crippen LogP contribution in [0.2, 0.25) is 0 Å². The fourth-order valence-corrected chi connectivity index (χ4v) is 2.38. The van der Waals surface area contributed by atoms with Gasteiger partial charge in [-0.15, -0.1) is 0 Å². The van der Waals surface area contributed by atoms with Gasteiger partial charge in [-0.05, 0) is 19.8 Å². The summed E-state index contributed by atoms with van der Waals surface area (Å²) in [5, 5.41) is 21.3. The summed E-state index contributed by atoms with van der Waals surface area (Å²) in [6.07, 6.45) is -0.457. The van der Waals surface area contributed by atoms with Crippen LogP contribution in [0.4, 0.5) is 0 Å². The lowest BCUT2D eigenvalue weighted by Gasteiger charge is -2.22. The molecule has 0 bridgehead atoms. The van der Waals surface area contributed by atoms with Crippen molar-refractivity contribution in [2.75, 3.05) is 0 Å². The summed E-state index contributed by atoms with van der Waals surface area (Å²) in [6, 6.07) is -0.453. The normalized spacial score (nSPS) is 41.8. The Kier molecular flexibility index (Phi) is 2.93. The third kappa shape index (κ3) is 1.84. The standard InChI is InChI=1S/C9H17NO3/c1-4-7(6(3)11)5(2)10-8(4)9(12)13/h4-8,10-11H,1-3H3,(H,12,13)/t4-,5+,6+,7+,8+/m1/s1. The molecule has 3 N–H and O–H groups in total. The lowest BCUT2D eigenvalue weighted by Crippen LogP contribution is -2.36. The molecule has 0 aromatic carbocycles. The molecule has 0 unspecified atom stereocenters. The molecule has 0 spiro atoms. The highest BCUT2D eigenvalue weighted by molar-refractivity contribution is 5.74. The van der Waals surface area contributed by atoms with Gasteiger partial charge in [0, 0.05) is 12.0 Å².